The van der Waals surface area contributed by atoms with Crippen LogP contribution in [0.2, 0.25) is 0 Å². The number of rotatable bonds is 2. The fourth-order valence-electron chi connectivity index (χ4n) is 8.75. The van der Waals surface area contributed by atoms with E-state index in [2.05, 4.69) is 19.9 Å². The van der Waals surface area contributed by atoms with Gasteiger partial charge in [-0.2, -0.15) is 0 Å². The smallest absolute Gasteiger partial charge is 0.203 e. The fourth-order valence-corrected chi connectivity index (χ4v) is 8.75. The van der Waals surface area contributed by atoms with Crippen molar-refractivity contribution in [1.82, 2.24) is 0 Å². The molecule has 0 heterocycles. The summed E-state index contributed by atoms with van der Waals surface area (Å²) in [4.78, 5) is 40.8. The van der Waals surface area contributed by atoms with Crippen molar-refractivity contribution in [2.75, 3.05) is 0 Å². The van der Waals surface area contributed by atoms with Crippen LogP contribution in [0.1, 0.15) is 96.4 Å². The standard InChI is InChI=1S/C32H40O7/c1-14(2)22-24(34)20(16(4)33)26(36)32(39)27(37)23-25(35)21-17(15(3)30(23,7)28(38)31(22,32)8)11-12-19-18(21)10-9-13-29(19,5)6/h11-12,14-15,22,28,35-36,38-39H,9-10,13H2,1-8H3/t15-,22?,28-,30+,31+,32+/m1/s1. The summed E-state index contributed by atoms with van der Waals surface area (Å²) in [5, 5.41) is 47.8. The van der Waals surface area contributed by atoms with Crippen LogP contribution in [0.4, 0.5) is 0 Å². The average Bonchev–Trinajstić information content (AvgIpc) is 2.83. The summed E-state index contributed by atoms with van der Waals surface area (Å²) in [5.74, 6) is -5.90. The molecule has 0 aromatic heterocycles. The predicted octanol–water partition coefficient (Wildman–Crippen LogP) is 4.63. The molecule has 0 bridgehead atoms. The summed E-state index contributed by atoms with van der Waals surface area (Å²) >= 11 is 0. The lowest BCUT2D eigenvalue weighted by Gasteiger charge is -2.63. The van der Waals surface area contributed by atoms with Crippen molar-refractivity contribution >= 4 is 23.1 Å². The second-order valence-corrected chi connectivity index (χ2v) is 13.6. The Morgan fingerprint density at radius 3 is 2.26 bits per heavy atom. The lowest BCUT2D eigenvalue weighted by molar-refractivity contribution is -0.215. The maximum Gasteiger partial charge on any atom is 0.203 e. The van der Waals surface area contributed by atoms with E-state index < -0.39 is 69.0 Å². The number of allylic oxidation sites excluding steroid dienone is 1. The van der Waals surface area contributed by atoms with E-state index in [4.69, 9.17) is 0 Å². The van der Waals surface area contributed by atoms with Gasteiger partial charge in [0.15, 0.2) is 17.2 Å². The van der Waals surface area contributed by atoms with Gasteiger partial charge < -0.3 is 20.4 Å². The van der Waals surface area contributed by atoms with Crippen molar-refractivity contribution in [2.45, 2.75) is 97.7 Å². The fraction of sp³-hybridized carbons (Fsp3) is 0.594. The van der Waals surface area contributed by atoms with Crippen LogP contribution in [0, 0.1) is 22.7 Å². The number of aliphatic hydroxyl groups is 4. The molecule has 7 nitrogen and oxygen atoms in total. The molecule has 1 fully saturated rings. The molecule has 0 spiro atoms. The van der Waals surface area contributed by atoms with Crippen LogP contribution in [-0.2, 0) is 26.2 Å². The van der Waals surface area contributed by atoms with Crippen molar-refractivity contribution in [2.24, 2.45) is 22.7 Å². The number of hydrogen-bond donors (Lipinski definition) is 4. The Morgan fingerprint density at radius 2 is 1.69 bits per heavy atom. The average molecular weight is 537 g/mol. The number of carbonyl (C=O) groups excluding carboxylic acids is 3. The quantitative estimate of drug-likeness (QED) is 0.405. The van der Waals surface area contributed by atoms with E-state index in [0.717, 1.165) is 36.5 Å². The SMILES string of the molecule is CC(=O)C1=C(O)[C@]2(O)C(=O)C3=C(O)c4c(ccc5c4CCCC5(C)C)[C@@H](C)[C@]3(C)[C@@H](O)[C@]2(C)C(C(C)C)C1=O. The van der Waals surface area contributed by atoms with Crippen molar-refractivity contribution in [3.05, 3.63) is 51.3 Å². The zero-order chi connectivity index (χ0) is 29.2. The summed E-state index contributed by atoms with van der Waals surface area (Å²) in [6, 6.07) is 4.04. The van der Waals surface area contributed by atoms with Crippen LogP contribution >= 0.6 is 0 Å². The molecule has 1 aromatic rings. The van der Waals surface area contributed by atoms with Gasteiger partial charge in [0.1, 0.15) is 17.1 Å². The summed E-state index contributed by atoms with van der Waals surface area (Å²) < 4.78 is 0. The van der Waals surface area contributed by atoms with E-state index in [9.17, 15) is 34.8 Å². The molecule has 4 N–H and O–H groups in total. The maximum atomic E-state index is 14.6. The number of fused-ring (bicyclic) bond motifs is 5. The van der Waals surface area contributed by atoms with E-state index in [1.807, 2.05) is 13.0 Å². The zero-order valence-corrected chi connectivity index (χ0v) is 24.1. The van der Waals surface area contributed by atoms with Crippen LogP contribution in [0.5, 0.6) is 0 Å². The van der Waals surface area contributed by atoms with E-state index in [-0.39, 0.29) is 16.7 Å². The Morgan fingerprint density at radius 1 is 1.08 bits per heavy atom. The molecule has 6 atom stereocenters. The summed E-state index contributed by atoms with van der Waals surface area (Å²) in [5.41, 5.74) is -3.59. The lowest BCUT2D eigenvalue weighted by Crippen LogP contribution is -2.75. The molecular weight excluding hydrogens is 496 g/mol. The third-order valence-electron chi connectivity index (χ3n) is 10.9. The Kier molecular flexibility index (Phi) is 5.80. The van der Waals surface area contributed by atoms with E-state index >= 15 is 0 Å². The number of Topliss-reactive ketones (excluding diaryl/α,β-unsaturated/α-hetero) is 3. The van der Waals surface area contributed by atoms with Gasteiger partial charge in [0.25, 0.3) is 0 Å². The van der Waals surface area contributed by atoms with Gasteiger partial charge in [-0.25, -0.2) is 0 Å². The van der Waals surface area contributed by atoms with Crippen LogP contribution in [0.3, 0.4) is 0 Å². The van der Waals surface area contributed by atoms with Gasteiger partial charge in [-0.1, -0.05) is 60.6 Å². The second-order valence-electron chi connectivity index (χ2n) is 13.6. The van der Waals surface area contributed by atoms with Gasteiger partial charge in [0.2, 0.25) is 5.78 Å². The molecular formula is C32H40O7. The van der Waals surface area contributed by atoms with Crippen LogP contribution in [0.25, 0.3) is 5.76 Å². The molecule has 1 unspecified atom stereocenters. The first-order chi connectivity index (χ1) is 17.9. The van der Waals surface area contributed by atoms with E-state index in [1.165, 1.54) is 6.92 Å². The minimum atomic E-state index is -2.79. The first-order valence-corrected chi connectivity index (χ1v) is 14.0. The number of benzene rings is 1. The molecule has 1 saturated carbocycles. The lowest BCUT2D eigenvalue weighted by atomic mass is 9.40. The van der Waals surface area contributed by atoms with Gasteiger partial charge in [0, 0.05) is 22.3 Å². The van der Waals surface area contributed by atoms with Crippen LogP contribution < -0.4 is 0 Å². The number of carbonyl (C=O) groups is 3. The topological polar surface area (TPSA) is 132 Å². The largest absolute Gasteiger partial charge is 0.508 e. The Balaban J connectivity index is 1.90. The highest BCUT2D eigenvalue weighted by atomic mass is 16.4. The third kappa shape index (κ3) is 2.98. The molecule has 210 valence electrons. The van der Waals surface area contributed by atoms with Crippen molar-refractivity contribution in [1.29, 1.82) is 0 Å². The summed E-state index contributed by atoms with van der Waals surface area (Å²) in [6.45, 7) is 13.9. The highest BCUT2D eigenvalue weighted by Crippen LogP contribution is 2.67. The van der Waals surface area contributed by atoms with Gasteiger partial charge in [-0.15, -0.1) is 0 Å². The molecule has 5 rings (SSSR count). The molecule has 39 heavy (non-hydrogen) atoms. The Hall–Kier alpha value is -2.77. The van der Waals surface area contributed by atoms with Crippen LogP contribution in [-0.4, -0.2) is 49.5 Å². The molecule has 4 aliphatic rings. The van der Waals surface area contributed by atoms with Gasteiger partial charge in [0.05, 0.1) is 11.7 Å². The third-order valence-corrected chi connectivity index (χ3v) is 10.9. The van der Waals surface area contributed by atoms with E-state index in [1.54, 1.807) is 20.8 Å². The first-order valence-electron chi connectivity index (χ1n) is 14.0. The molecule has 7 heteroatoms. The molecule has 4 aliphatic carbocycles. The Bertz CT molecular complexity index is 1410. The van der Waals surface area contributed by atoms with Gasteiger partial charge in [-0.05, 0) is 60.1 Å². The molecule has 0 saturated heterocycles. The van der Waals surface area contributed by atoms with Crippen LogP contribution in [0.15, 0.2) is 29.0 Å². The second kappa shape index (κ2) is 8.14. The number of ketones is 3. The maximum absolute atomic E-state index is 14.6. The van der Waals surface area contributed by atoms with Gasteiger partial charge >= 0.3 is 0 Å². The monoisotopic (exact) mass is 536 g/mol. The highest BCUT2D eigenvalue weighted by Gasteiger charge is 2.77. The number of hydrogen-bond acceptors (Lipinski definition) is 7. The minimum absolute atomic E-state index is 0.129. The van der Waals surface area contributed by atoms with Gasteiger partial charge in [-0.3, -0.25) is 14.4 Å². The number of aliphatic hydroxyl groups excluding tert-OH is 3. The van der Waals surface area contributed by atoms with Crippen molar-refractivity contribution < 1.29 is 34.8 Å². The predicted molar refractivity (Wildman–Crippen MR) is 146 cm³/mol. The minimum Gasteiger partial charge on any atom is -0.508 e. The van der Waals surface area contributed by atoms with Crippen molar-refractivity contribution in [3.8, 4) is 0 Å². The molecule has 0 amide bonds. The van der Waals surface area contributed by atoms with Crippen molar-refractivity contribution in [3.63, 3.8) is 0 Å². The normalized spacial score (nSPS) is 37.4. The summed E-state index contributed by atoms with van der Waals surface area (Å²) in [6.07, 6.45) is 1.07. The first kappa shape index (κ1) is 27.8. The van der Waals surface area contributed by atoms with E-state index in [0.29, 0.717) is 12.0 Å². The molecule has 0 aliphatic heterocycles. The Labute approximate surface area is 229 Å². The summed E-state index contributed by atoms with van der Waals surface area (Å²) in [7, 11) is 0. The zero-order valence-electron chi connectivity index (χ0n) is 24.1. The molecule has 1 aromatic carbocycles. The highest BCUT2D eigenvalue weighted by molar-refractivity contribution is 6.24. The molecule has 0 radical (unpaired) electrons.